The molecule has 0 spiro atoms. The molecular formula is C81H103ClN10O11SSi. The summed E-state index contributed by atoms with van der Waals surface area (Å²) in [7, 11) is 6.06. The Hall–Kier alpha value is -9.01. The van der Waals surface area contributed by atoms with Gasteiger partial charge in [-0.05, 0) is 121 Å². The predicted molar refractivity (Wildman–Crippen MR) is 421 cm³/mol. The second-order valence-electron chi connectivity index (χ2n) is 28.0. The third-order valence-electron chi connectivity index (χ3n) is 20.3. The van der Waals surface area contributed by atoms with Gasteiger partial charge in [-0.25, -0.2) is 0 Å². The van der Waals surface area contributed by atoms with Gasteiger partial charge in [-0.15, -0.1) is 0 Å². The Morgan fingerprint density at radius 3 is 1.36 bits per heavy atom. The van der Waals surface area contributed by atoms with E-state index < -0.39 is 31.6 Å². The van der Waals surface area contributed by atoms with Crippen molar-refractivity contribution in [3.8, 4) is 69.6 Å². The standard InChI is InChI=1S/C44H52N6O6S.C34H42N4O5.C3H9ClSi/c1-9-17-54-40-26(5)41(55-18-10-2)42(56-19-11-3)36-30(40)22-32-37-35-28(20-25(4)39(53-8)38(35)51)21-31(49(37)7)33(23-45)50(32)34(36)24-46-43(52)27(6)47-44(57)48-29-15-13-12-14-16-29;1-8-11-41-32-20(5)33(42-12-9-2)34(43-13-10-3)28-22(32)16-24-29-27-21(14-19(4)31(40-7)30(27)39)15-23(37(29)6)25(17-35)38(24)26(28)18-36;1-5(2,3)4/h9-16,20,27,31-34,37,51H,1-3,17-19,21-22,24H2,4-8H3,(H,46,52)(H2,47,48,57);8-10,14,23-26,29,39H,1-3,11-13,15-16,18,36H2,4-7H3;1-3H3/t27-,31-,32-,33-,34-,37-;23-,24-,25-,26-,29-;/m00./s1. The number of aromatic hydroxyl groups is 2. The zero-order valence-electron chi connectivity index (χ0n) is 62.7. The molecular weight excluding hydrogens is 1380 g/mol. The highest BCUT2D eigenvalue weighted by Gasteiger charge is 2.59. The number of halogens is 1. The number of fused-ring (bicyclic) bond motifs is 14. The zero-order valence-corrected chi connectivity index (χ0v) is 65.3. The molecule has 0 aliphatic carbocycles. The summed E-state index contributed by atoms with van der Waals surface area (Å²) in [5.41, 5.74) is 17.7. The van der Waals surface area contributed by atoms with Crippen LogP contribution in [0.5, 0.6) is 57.5 Å². The number of nitrogens with one attached hydrogen (secondary N) is 3. The smallest absolute Gasteiger partial charge is 0.242 e. The van der Waals surface area contributed by atoms with Crippen LogP contribution in [0, 0.1) is 50.4 Å². The molecule has 11 atom stereocenters. The number of ether oxygens (including phenoxy) is 8. The van der Waals surface area contributed by atoms with Crippen molar-refractivity contribution in [3.63, 3.8) is 0 Å². The number of carbonyl (C=O) groups is 1. The summed E-state index contributed by atoms with van der Waals surface area (Å²) in [5.74, 6) is 4.24. The minimum absolute atomic E-state index is 0.0938. The molecule has 6 aliphatic rings. The maximum absolute atomic E-state index is 14.0. The second kappa shape index (κ2) is 34.9. The van der Waals surface area contributed by atoms with Crippen molar-refractivity contribution in [2.75, 3.05) is 86.4 Å². The number of para-hydroxylation sites is 1. The highest BCUT2D eigenvalue weighted by molar-refractivity contribution is 7.80. The third-order valence-corrected chi connectivity index (χ3v) is 20.5. The molecule has 2 saturated heterocycles. The van der Waals surface area contributed by atoms with E-state index in [1.165, 1.54) is 0 Å². The normalized spacial score (nSPS) is 21.9. The van der Waals surface area contributed by atoms with Gasteiger partial charge in [0.25, 0.3) is 0 Å². The Bertz CT molecular complexity index is 4190. The lowest BCUT2D eigenvalue weighted by Gasteiger charge is -2.60. The molecule has 4 bridgehead atoms. The third kappa shape index (κ3) is 16.1. The maximum Gasteiger partial charge on any atom is 0.242 e. The van der Waals surface area contributed by atoms with E-state index >= 15 is 0 Å². The van der Waals surface area contributed by atoms with Gasteiger partial charge in [-0.2, -0.15) is 21.6 Å². The molecule has 21 nitrogen and oxygen atoms in total. The highest BCUT2D eigenvalue weighted by Crippen LogP contribution is 2.60. The van der Waals surface area contributed by atoms with E-state index in [4.69, 9.17) is 66.9 Å². The molecule has 560 valence electrons. The lowest BCUT2D eigenvalue weighted by Crippen LogP contribution is -2.69. The fourth-order valence-electron chi connectivity index (χ4n) is 16.3. The van der Waals surface area contributed by atoms with Crippen LogP contribution in [-0.2, 0) is 30.5 Å². The van der Waals surface area contributed by atoms with E-state index in [1.807, 2.05) is 72.1 Å². The maximum atomic E-state index is 14.0. The summed E-state index contributed by atoms with van der Waals surface area (Å²) >= 11 is 11.2. The van der Waals surface area contributed by atoms with Crippen molar-refractivity contribution in [1.82, 2.24) is 30.2 Å². The molecule has 5 aromatic rings. The van der Waals surface area contributed by atoms with Gasteiger partial charge < -0.3 is 69.8 Å². The first-order valence-electron chi connectivity index (χ1n) is 35.5. The molecule has 0 radical (unpaired) electrons. The quantitative estimate of drug-likeness (QED) is 0.0130. The molecule has 0 unspecified atom stereocenters. The molecule has 0 aromatic heterocycles. The molecule has 105 heavy (non-hydrogen) atoms. The van der Waals surface area contributed by atoms with Crippen LogP contribution in [0.25, 0.3) is 0 Å². The van der Waals surface area contributed by atoms with Crippen molar-refractivity contribution >= 4 is 47.4 Å². The van der Waals surface area contributed by atoms with Gasteiger partial charge in [-0.3, -0.25) is 24.4 Å². The number of benzene rings is 5. The Balaban J connectivity index is 0.000000236. The summed E-state index contributed by atoms with van der Waals surface area (Å²) in [5, 5.41) is 55.0. The molecule has 6 heterocycles. The number of aryl methyl sites for hydroxylation is 2. The Morgan fingerprint density at radius 2 is 0.990 bits per heavy atom. The van der Waals surface area contributed by atoms with Crippen LogP contribution in [0.2, 0.25) is 19.6 Å². The van der Waals surface area contributed by atoms with Gasteiger partial charge in [0, 0.05) is 87.5 Å². The van der Waals surface area contributed by atoms with E-state index in [-0.39, 0.29) is 106 Å². The van der Waals surface area contributed by atoms with E-state index in [2.05, 4.69) is 119 Å². The van der Waals surface area contributed by atoms with Crippen LogP contribution < -0.4 is 59.6 Å². The summed E-state index contributed by atoms with van der Waals surface area (Å²) in [6, 6.07) is 14.6. The second-order valence-corrected chi connectivity index (χ2v) is 36.0. The van der Waals surface area contributed by atoms with Crippen molar-refractivity contribution in [3.05, 3.63) is 185 Å². The molecule has 2 fully saturated rings. The average Bonchev–Trinajstić information content (AvgIpc) is 0.705. The first kappa shape index (κ1) is 80.1. The number of piperazine rings is 2. The number of phenols is 2. The number of hydrogen-bond acceptors (Lipinski definition) is 19. The fraction of sp³-hybridized carbons (Fsp3) is 0.432. The summed E-state index contributed by atoms with van der Waals surface area (Å²) in [6.45, 7) is 40.7. The Kier molecular flexibility index (Phi) is 26.6. The van der Waals surface area contributed by atoms with Gasteiger partial charge in [0.05, 0.1) is 50.5 Å². The number of phenolic OH excluding ortho intramolecular Hbond substituents is 2. The molecule has 0 saturated carbocycles. The molecule has 7 N–H and O–H groups in total. The van der Waals surface area contributed by atoms with Crippen LogP contribution in [-0.4, -0.2) is 172 Å². The molecule has 6 aliphatic heterocycles. The van der Waals surface area contributed by atoms with Gasteiger partial charge in [-0.1, -0.05) is 126 Å². The molecule has 5 aromatic carbocycles. The molecule has 11 rings (SSSR count). The van der Waals surface area contributed by atoms with Gasteiger partial charge >= 0.3 is 0 Å². The van der Waals surface area contributed by atoms with Crippen molar-refractivity contribution in [1.29, 1.82) is 10.5 Å². The Morgan fingerprint density at radius 1 is 0.619 bits per heavy atom. The summed E-state index contributed by atoms with van der Waals surface area (Å²) in [4.78, 5) is 22.9. The SMILES string of the molecule is C=CCOc1c(C)c(OCC=C)c(OCC=C)c2c1C[C@H]1[C@H]3c4c(cc(C)c(OC)c4O)C[C@@H]([C@H](C#N)N1[C@H]2CN)N3C.C=CCOc1c(C)c(OCC=C)c(OCC=C)c2c1C[C@H]1[C@H]3c4c(cc(C)c(OC)c4O)C[C@@H]([C@H](C#N)N1[C@H]2CNC(=O)[C@H](C)NC(=S)Nc1ccccc1)N3C.C[Si](C)(C)Cl. The zero-order chi connectivity index (χ0) is 76.5. The number of likely N-dealkylation sites (N-methyl/N-ethyl adjacent to an activating group) is 2. The number of thiocarbonyl (C=S) groups is 1. The van der Waals surface area contributed by atoms with Gasteiger partial charge in [0.2, 0.25) is 5.91 Å². The number of nitrogens with two attached hydrogens (primary N) is 1. The largest absolute Gasteiger partial charge is 0.504 e. The minimum atomic E-state index is -1.14. The topological polar surface area (TPSA) is 254 Å². The lowest BCUT2D eigenvalue weighted by atomic mass is 9.71. The van der Waals surface area contributed by atoms with Gasteiger partial charge in [0.15, 0.2) is 51.1 Å². The van der Waals surface area contributed by atoms with Crippen LogP contribution in [0.15, 0.2) is 118 Å². The number of rotatable bonds is 26. The van der Waals surface area contributed by atoms with Gasteiger partial charge in [0.1, 0.15) is 76.6 Å². The number of carbonyl (C=O) groups excluding carboxylic acids is 1. The van der Waals surface area contributed by atoms with Crippen molar-refractivity contribution in [2.45, 2.75) is 146 Å². The fourth-order valence-corrected chi connectivity index (χ4v) is 16.6. The van der Waals surface area contributed by atoms with Crippen LogP contribution in [0.3, 0.4) is 0 Å². The van der Waals surface area contributed by atoms with E-state index in [0.717, 1.165) is 72.4 Å². The van der Waals surface area contributed by atoms with E-state index in [9.17, 15) is 25.5 Å². The number of amides is 1. The Labute approximate surface area is 630 Å². The number of anilines is 1. The minimum Gasteiger partial charge on any atom is -0.504 e. The molecule has 24 heteroatoms. The highest BCUT2D eigenvalue weighted by atomic mass is 35.6. The lowest BCUT2D eigenvalue weighted by molar-refractivity contribution is -0.123. The first-order valence-corrected chi connectivity index (χ1v) is 40.4. The number of hydrogen-bond donors (Lipinski definition) is 6. The van der Waals surface area contributed by atoms with Crippen molar-refractivity contribution in [2.24, 2.45) is 5.73 Å². The van der Waals surface area contributed by atoms with Crippen LogP contribution >= 0.6 is 23.3 Å². The monoisotopic (exact) mass is 1490 g/mol. The van der Waals surface area contributed by atoms with E-state index in [1.54, 1.807) is 57.6 Å². The van der Waals surface area contributed by atoms with Crippen molar-refractivity contribution < 1.29 is 52.9 Å². The number of nitriles is 2. The van der Waals surface area contributed by atoms with E-state index in [0.29, 0.717) is 83.4 Å². The number of nitrogens with zero attached hydrogens (tertiary/aromatic N) is 6. The molecule has 1 amide bonds. The number of methoxy groups -OCH3 is 2. The summed E-state index contributed by atoms with van der Waals surface area (Å²) in [6.07, 6.45) is 12.2. The average molecular weight is 1490 g/mol. The first-order chi connectivity index (χ1) is 50.3. The van der Waals surface area contributed by atoms with Crippen LogP contribution in [0.4, 0.5) is 5.69 Å². The predicted octanol–water partition coefficient (Wildman–Crippen LogP) is 12.5. The summed E-state index contributed by atoms with van der Waals surface area (Å²) < 4.78 is 49.6. The van der Waals surface area contributed by atoms with Crippen LogP contribution in [0.1, 0.15) is 97.9 Å².